The van der Waals surface area contributed by atoms with E-state index >= 15 is 0 Å². The van der Waals surface area contributed by atoms with Gasteiger partial charge in [-0.25, -0.2) is 9.37 Å². The summed E-state index contributed by atoms with van der Waals surface area (Å²) in [6, 6.07) is 8.79. The maximum absolute atomic E-state index is 14.2. The second kappa shape index (κ2) is 9.30. The number of pyridine rings is 1. The number of nitrogens with one attached hydrogen (secondary N) is 3. The van der Waals surface area contributed by atoms with Crippen LogP contribution in [-0.2, 0) is 4.79 Å². The summed E-state index contributed by atoms with van der Waals surface area (Å²) >= 11 is 0. The number of hydrogen-bond acceptors (Lipinski definition) is 6. The zero-order valence-corrected chi connectivity index (χ0v) is 17.2. The van der Waals surface area contributed by atoms with Gasteiger partial charge in [-0.1, -0.05) is 0 Å². The highest BCUT2D eigenvalue weighted by molar-refractivity contribution is 5.98. The van der Waals surface area contributed by atoms with Gasteiger partial charge in [-0.2, -0.15) is 0 Å². The van der Waals surface area contributed by atoms with Gasteiger partial charge >= 0.3 is 0 Å². The lowest BCUT2D eigenvalue weighted by molar-refractivity contribution is -0.119. The molecule has 2 aliphatic rings. The van der Waals surface area contributed by atoms with E-state index in [1.807, 2.05) is 29.2 Å². The Morgan fingerprint density at radius 1 is 1.26 bits per heavy atom. The maximum atomic E-state index is 14.2. The molecule has 2 atom stereocenters. The molecule has 0 spiro atoms. The number of carbonyl (C=O) groups is 2. The molecule has 2 aliphatic heterocycles. The van der Waals surface area contributed by atoms with Crippen LogP contribution in [0.3, 0.4) is 0 Å². The minimum atomic E-state index is -1.07. The standard InChI is InChI=1S/C22H27FN6O2/c23-17-13-25-9-8-18(17)28-19-11-20(26-12-16(19)22(24)31)27-14-4-6-15(7-5-14)29-10-2-1-3-21(29)30/h4-7,11-12,17-18,25H,1-3,8-10,13H2,(H2,24,31)(H2,26,27,28)/t17-,18+/m0/s1. The van der Waals surface area contributed by atoms with Gasteiger partial charge < -0.3 is 26.6 Å². The summed E-state index contributed by atoms with van der Waals surface area (Å²) in [5.74, 6) is 0.0237. The Morgan fingerprint density at radius 3 is 2.77 bits per heavy atom. The van der Waals surface area contributed by atoms with Crippen molar-refractivity contribution in [2.45, 2.75) is 37.9 Å². The minimum Gasteiger partial charge on any atom is -0.378 e. The summed E-state index contributed by atoms with van der Waals surface area (Å²) in [7, 11) is 0. The van der Waals surface area contributed by atoms with E-state index in [-0.39, 0.29) is 18.0 Å². The lowest BCUT2D eigenvalue weighted by Crippen LogP contribution is -2.45. The van der Waals surface area contributed by atoms with E-state index in [2.05, 4.69) is 20.9 Å². The highest BCUT2D eigenvalue weighted by Crippen LogP contribution is 2.26. The fourth-order valence-electron chi connectivity index (χ4n) is 3.97. The summed E-state index contributed by atoms with van der Waals surface area (Å²) in [5.41, 5.74) is 7.80. The van der Waals surface area contributed by atoms with E-state index in [4.69, 9.17) is 5.73 Å². The number of hydrogen-bond donors (Lipinski definition) is 4. The minimum absolute atomic E-state index is 0.149. The molecule has 0 radical (unpaired) electrons. The van der Waals surface area contributed by atoms with Gasteiger partial charge in [0.2, 0.25) is 5.91 Å². The Morgan fingerprint density at radius 2 is 2.06 bits per heavy atom. The first kappa shape index (κ1) is 21.0. The number of aromatic nitrogens is 1. The largest absolute Gasteiger partial charge is 0.378 e. The molecule has 4 rings (SSSR count). The smallest absolute Gasteiger partial charge is 0.252 e. The number of halogens is 1. The lowest BCUT2D eigenvalue weighted by Gasteiger charge is -2.29. The second-order valence-electron chi connectivity index (χ2n) is 7.91. The predicted octanol–water partition coefficient (Wildman–Crippen LogP) is 2.55. The zero-order valence-electron chi connectivity index (χ0n) is 17.2. The van der Waals surface area contributed by atoms with E-state index in [0.717, 1.165) is 30.8 Å². The first-order chi connectivity index (χ1) is 15.0. The van der Waals surface area contributed by atoms with Gasteiger partial charge in [-0.15, -0.1) is 0 Å². The number of alkyl halides is 1. The third kappa shape index (κ3) is 4.93. The van der Waals surface area contributed by atoms with Crippen molar-refractivity contribution in [1.82, 2.24) is 10.3 Å². The molecule has 2 amide bonds. The Balaban J connectivity index is 1.50. The van der Waals surface area contributed by atoms with Crippen LogP contribution in [0, 0.1) is 0 Å². The number of primary amides is 1. The van der Waals surface area contributed by atoms with Crippen molar-refractivity contribution in [1.29, 1.82) is 0 Å². The first-order valence-electron chi connectivity index (χ1n) is 10.6. The highest BCUT2D eigenvalue weighted by atomic mass is 19.1. The van der Waals surface area contributed by atoms with Gasteiger partial charge in [0.15, 0.2) is 0 Å². The summed E-state index contributed by atoms with van der Waals surface area (Å²) in [4.78, 5) is 30.0. The van der Waals surface area contributed by atoms with E-state index < -0.39 is 18.1 Å². The number of carbonyl (C=O) groups excluding carboxylic acids is 2. The van der Waals surface area contributed by atoms with Gasteiger partial charge in [-0.05, 0) is 50.1 Å². The Labute approximate surface area is 180 Å². The SMILES string of the molecule is NC(=O)c1cnc(Nc2ccc(N3CCCCC3=O)cc2)cc1N[C@@H]1CCNC[C@@H]1F. The fraction of sp³-hybridized carbons (Fsp3) is 0.409. The van der Waals surface area contributed by atoms with E-state index in [9.17, 15) is 14.0 Å². The van der Waals surface area contributed by atoms with Crippen molar-refractivity contribution >= 4 is 34.7 Å². The number of nitrogens with two attached hydrogens (primary N) is 1. The van der Waals surface area contributed by atoms with Crippen LogP contribution in [-0.4, -0.2) is 48.6 Å². The third-order valence-corrected chi connectivity index (χ3v) is 5.69. The molecule has 3 heterocycles. The Bertz CT molecular complexity index is 952. The van der Waals surface area contributed by atoms with Crippen LogP contribution in [0.1, 0.15) is 36.0 Å². The second-order valence-corrected chi connectivity index (χ2v) is 7.91. The average Bonchev–Trinajstić information content (AvgIpc) is 2.76. The van der Waals surface area contributed by atoms with Crippen LogP contribution in [0.5, 0.6) is 0 Å². The van der Waals surface area contributed by atoms with Crippen molar-refractivity contribution in [3.63, 3.8) is 0 Å². The Kier molecular flexibility index (Phi) is 6.31. The monoisotopic (exact) mass is 426 g/mol. The van der Waals surface area contributed by atoms with Crippen molar-refractivity contribution in [3.05, 3.63) is 42.1 Å². The van der Waals surface area contributed by atoms with Gasteiger partial charge in [-0.3, -0.25) is 9.59 Å². The predicted molar refractivity (Wildman–Crippen MR) is 118 cm³/mol. The van der Waals surface area contributed by atoms with Crippen LogP contribution in [0.25, 0.3) is 0 Å². The molecule has 0 unspecified atom stereocenters. The molecule has 164 valence electrons. The summed E-state index contributed by atoms with van der Waals surface area (Å²) in [6.45, 7) is 1.71. The molecule has 31 heavy (non-hydrogen) atoms. The van der Waals surface area contributed by atoms with Crippen LogP contribution >= 0.6 is 0 Å². The van der Waals surface area contributed by atoms with Crippen molar-refractivity contribution in [3.8, 4) is 0 Å². The molecule has 2 aromatic rings. The summed E-state index contributed by atoms with van der Waals surface area (Å²) < 4.78 is 14.2. The van der Waals surface area contributed by atoms with Crippen molar-refractivity contribution < 1.29 is 14.0 Å². The molecule has 0 saturated carbocycles. The molecule has 1 aromatic carbocycles. The molecule has 9 heteroatoms. The number of benzene rings is 1. The summed E-state index contributed by atoms with van der Waals surface area (Å²) in [5, 5.41) is 9.32. The van der Waals surface area contributed by atoms with Crippen molar-refractivity contribution in [2.75, 3.05) is 35.2 Å². The quantitative estimate of drug-likeness (QED) is 0.565. The van der Waals surface area contributed by atoms with Crippen LogP contribution in [0.2, 0.25) is 0 Å². The number of nitrogens with zero attached hydrogens (tertiary/aromatic N) is 2. The van der Waals surface area contributed by atoms with Gasteiger partial charge in [0, 0.05) is 43.1 Å². The maximum Gasteiger partial charge on any atom is 0.252 e. The van der Waals surface area contributed by atoms with Gasteiger partial charge in [0.25, 0.3) is 5.91 Å². The molecule has 8 nitrogen and oxygen atoms in total. The molecular formula is C22H27FN6O2. The normalized spacial score (nSPS) is 21.6. The van der Waals surface area contributed by atoms with E-state index in [1.54, 1.807) is 6.07 Å². The Hall–Kier alpha value is -3.20. The number of amides is 2. The molecule has 0 bridgehead atoms. The zero-order chi connectivity index (χ0) is 21.8. The molecule has 5 N–H and O–H groups in total. The first-order valence-corrected chi connectivity index (χ1v) is 10.6. The number of anilines is 4. The van der Waals surface area contributed by atoms with Crippen LogP contribution in [0.4, 0.5) is 27.3 Å². The van der Waals surface area contributed by atoms with Crippen LogP contribution in [0.15, 0.2) is 36.5 Å². The van der Waals surface area contributed by atoms with Gasteiger partial charge in [0.1, 0.15) is 12.0 Å². The highest BCUT2D eigenvalue weighted by Gasteiger charge is 2.26. The molecular weight excluding hydrogens is 399 g/mol. The van der Waals surface area contributed by atoms with Gasteiger partial charge in [0.05, 0.1) is 17.3 Å². The average molecular weight is 426 g/mol. The lowest BCUT2D eigenvalue weighted by atomic mass is 10.0. The molecule has 0 aliphatic carbocycles. The van der Waals surface area contributed by atoms with E-state index in [1.165, 1.54) is 6.20 Å². The molecule has 1 aromatic heterocycles. The molecule has 2 fully saturated rings. The fourth-order valence-corrected chi connectivity index (χ4v) is 3.97. The third-order valence-electron chi connectivity index (χ3n) is 5.69. The number of rotatable bonds is 6. The summed E-state index contributed by atoms with van der Waals surface area (Å²) in [6.07, 6.45) is 3.46. The van der Waals surface area contributed by atoms with E-state index in [0.29, 0.717) is 30.9 Å². The molecule has 2 saturated heterocycles. The van der Waals surface area contributed by atoms with Crippen molar-refractivity contribution in [2.24, 2.45) is 5.73 Å². The topological polar surface area (TPSA) is 112 Å². The van der Waals surface area contributed by atoms with Crippen LogP contribution < -0.4 is 26.6 Å². The number of piperidine rings is 2.